The van der Waals surface area contributed by atoms with Crippen LogP contribution in [-0.4, -0.2) is 18.3 Å². The van der Waals surface area contributed by atoms with Crippen molar-refractivity contribution in [3.05, 3.63) is 29.8 Å². The van der Waals surface area contributed by atoms with Crippen LogP contribution in [0.5, 0.6) is 5.75 Å². The highest BCUT2D eigenvalue weighted by atomic mass is 16.7. The molecule has 70 valence electrons. The van der Waals surface area contributed by atoms with Crippen molar-refractivity contribution in [3.63, 3.8) is 0 Å². The molecular weight excluding hydrogens is 168 g/mol. The number of hydrogen-bond acceptors (Lipinski definition) is 3. The van der Waals surface area contributed by atoms with Gasteiger partial charge in [0.15, 0.2) is 6.29 Å². The molecule has 1 aliphatic rings. The quantitative estimate of drug-likeness (QED) is 0.716. The molecule has 0 spiro atoms. The van der Waals surface area contributed by atoms with Crippen LogP contribution in [0.15, 0.2) is 24.3 Å². The zero-order valence-corrected chi connectivity index (χ0v) is 7.27. The summed E-state index contributed by atoms with van der Waals surface area (Å²) in [6.45, 7) is 1.39. The van der Waals surface area contributed by atoms with Crippen LogP contribution in [-0.2, 0) is 9.47 Å². The molecule has 1 aliphatic heterocycles. The maximum absolute atomic E-state index is 9.50. The molecular formula is C10H12O3. The fourth-order valence-electron chi connectivity index (χ4n) is 1.35. The largest absolute Gasteiger partial charge is 0.507 e. The second-order valence-electron chi connectivity index (χ2n) is 2.99. The van der Waals surface area contributed by atoms with E-state index in [1.165, 1.54) is 0 Å². The fourth-order valence-corrected chi connectivity index (χ4v) is 1.35. The Morgan fingerprint density at radius 3 is 2.54 bits per heavy atom. The minimum absolute atomic E-state index is 0.231. The second kappa shape index (κ2) is 3.77. The smallest absolute Gasteiger partial charge is 0.187 e. The average Bonchev–Trinajstić information content (AvgIpc) is 2.20. The van der Waals surface area contributed by atoms with Gasteiger partial charge in [-0.05, 0) is 12.5 Å². The van der Waals surface area contributed by atoms with Gasteiger partial charge in [-0.3, -0.25) is 0 Å². The van der Waals surface area contributed by atoms with Crippen LogP contribution in [0.2, 0.25) is 0 Å². The Labute approximate surface area is 76.9 Å². The van der Waals surface area contributed by atoms with E-state index >= 15 is 0 Å². The molecule has 3 nitrogen and oxygen atoms in total. The second-order valence-corrected chi connectivity index (χ2v) is 2.99. The van der Waals surface area contributed by atoms with Crippen molar-refractivity contribution in [2.45, 2.75) is 12.7 Å². The molecule has 13 heavy (non-hydrogen) atoms. The van der Waals surface area contributed by atoms with E-state index in [0.29, 0.717) is 18.8 Å². The molecule has 0 unspecified atom stereocenters. The highest BCUT2D eigenvalue weighted by Crippen LogP contribution is 2.29. The summed E-state index contributed by atoms with van der Waals surface area (Å²) in [6.07, 6.45) is 0.527. The van der Waals surface area contributed by atoms with Crippen molar-refractivity contribution >= 4 is 0 Å². The summed E-state index contributed by atoms with van der Waals surface area (Å²) in [7, 11) is 0. The van der Waals surface area contributed by atoms with E-state index in [-0.39, 0.29) is 5.75 Å². The van der Waals surface area contributed by atoms with Gasteiger partial charge in [0, 0.05) is 5.56 Å². The van der Waals surface area contributed by atoms with Crippen LogP contribution in [0.1, 0.15) is 18.3 Å². The SMILES string of the molecule is Oc1ccccc1C1OCCCO1. The van der Waals surface area contributed by atoms with Gasteiger partial charge in [0.05, 0.1) is 13.2 Å². The number of para-hydroxylation sites is 1. The van der Waals surface area contributed by atoms with Crippen molar-refractivity contribution in [2.24, 2.45) is 0 Å². The Balaban J connectivity index is 2.18. The van der Waals surface area contributed by atoms with Crippen LogP contribution in [0.3, 0.4) is 0 Å². The van der Waals surface area contributed by atoms with Crippen LogP contribution in [0.25, 0.3) is 0 Å². The van der Waals surface area contributed by atoms with Crippen molar-refractivity contribution in [1.82, 2.24) is 0 Å². The van der Waals surface area contributed by atoms with E-state index in [1.807, 2.05) is 12.1 Å². The van der Waals surface area contributed by atoms with E-state index in [4.69, 9.17) is 9.47 Å². The first-order valence-corrected chi connectivity index (χ1v) is 4.39. The highest BCUT2D eigenvalue weighted by molar-refractivity contribution is 5.32. The molecule has 1 heterocycles. The van der Waals surface area contributed by atoms with Crippen molar-refractivity contribution in [3.8, 4) is 5.75 Å². The highest BCUT2D eigenvalue weighted by Gasteiger charge is 2.18. The molecule has 3 heteroatoms. The van der Waals surface area contributed by atoms with Gasteiger partial charge >= 0.3 is 0 Å². The lowest BCUT2D eigenvalue weighted by molar-refractivity contribution is -0.183. The van der Waals surface area contributed by atoms with Crippen LogP contribution in [0, 0.1) is 0 Å². The number of phenolic OH excluding ortho intramolecular Hbond substituents is 1. The number of hydrogen-bond donors (Lipinski definition) is 1. The summed E-state index contributed by atoms with van der Waals surface area (Å²) < 4.78 is 10.7. The van der Waals surface area contributed by atoms with E-state index in [1.54, 1.807) is 12.1 Å². The Kier molecular flexibility index (Phi) is 2.47. The van der Waals surface area contributed by atoms with Gasteiger partial charge in [-0.25, -0.2) is 0 Å². The molecule has 1 fully saturated rings. The lowest BCUT2D eigenvalue weighted by Crippen LogP contribution is -2.17. The normalized spacial score (nSPS) is 18.8. The summed E-state index contributed by atoms with van der Waals surface area (Å²) in [5, 5.41) is 9.50. The number of ether oxygens (including phenoxy) is 2. The number of benzene rings is 1. The standard InChI is InChI=1S/C10H12O3/c11-9-5-2-1-4-8(9)10-12-6-3-7-13-10/h1-2,4-5,10-11H,3,6-7H2. The van der Waals surface area contributed by atoms with Crippen molar-refractivity contribution in [1.29, 1.82) is 0 Å². The molecule has 0 amide bonds. The first kappa shape index (κ1) is 8.53. The van der Waals surface area contributed by atoms with Gasteiger partial charge in [-0.1, -0.05) is 18.2 Å². The number of phenols is 1. The van der Waals surface area contributed by atoms with E-state index in [9.17, 15) is 5.11 Å². The fraction of sp³-hybridized carbons (Fsp3) is 0.400. The Morgan fingerprint density at radius 2 is 1.85 bits per heavy atom. The summed E-state index contributed by atoms with van der Waals surface area (Å²) in [5.74, 6) is 0.231. The minimum Gasteiger partial charge on any atom is -0.507 e. The third kappa shape index (κ3) is 1.82. The Morgan fingerprint density at radius 1 is 1.15 bits per heavy atom. The molecule has 0 aromatic heterocycles. The molecule has 1 aromatic rings. The van der Waals surface area contributed by atoms with E-state index in [0.717, 1.165) is 6.42 Å². The topological polar surface area (TPSA) is 38.7 Å². The van der Waals surface area contributed by atoms with Gasteiger partial charge in [0.2, 0.25) is 0 Å². The number of rotatable bonds is 1. The molecule has 0 atom stereocenters. The number of aromatic hydroxyl groups is 1. The van der Waals surface area contributed by atoms with E-state index in [2.05, 4.69) is 0 Å². The van der Waals surface area contributed by atoms with Gasteiger partial charge in [-0.2, -0.15) is 0 Å². The van der Waals surface area contributed by atoms with Crippen LogP contribution in [0.4, 0.5) is 0 Å². The predicted octanol–water partition coefficient (Wildman–Crippen LogP) is 1.83. The molecule has 1 aromatic carbocycles. The zero-order valence-electron chi connectivity index (χ0n) is 7.27. The maximum atomic E-state index is 9.50. The molecule has 1 N–H and O–H groups in total. The maximum Gasteiger partial charge on any atom is 0.187 e. The van der Waals surface area contributed by atoms with Crippen molar-refractivity contribution < 1.29 is 14.6 Å². The summed E-state index contributed by atoms with van der Waals surface area (Å²) in [4.78, 5) is 0. The average molecular weight is 180 g/mol. The van der Waals surface area contributed by atoms with Crippen LogP contribution < -0.4 is 0 Å². The Hall–Kier alpha value is -1.06. The summed E-state index contributed by atoms with van der Waals surface area (Å²) in [5.41, 5.74) is 0.710. The Bertz CT molecular complexity index is 279. The lowest BCUT2D eigenvalue weighted by atomic mass is 10.2. The third-order valence-corrected chi connectivity index (χ3v) is 2.02. The minimum atomic E-state index is -0.394. The van der Waals surface area contributed by atoms with Crippen LogP contribution >= 0.6 is 0 Å². The predicted molar refractivity (Wildman–Crippen MR) is 47.4 cm³/mol. The first-order chi connectivity index (χ1) is 6.38. The molecule has 0 bridgehead atoms. The third-order valence-electron chi connectivity index (χ3n) is 2.02. The van der Waals surface area contributed by atoms with Gasteiger partial charge < -0.3 is 14.6 Å². The molecule has 2 rings (SSSR count). The molecule has 1 saturated heterocycles. The van der Waals surface area contributed by atoms with Crippen molar-refractivity contribution in [2.75, 3.05) is 13.2 Å². The van der Waals surface area contributed by atoms with E-state index < -0.39 is 6.29 Å². The molecule has 0 aliphatic carbocycles. The lowest BCUT2D eigenvalue weighted by Gasteiger charge is -2.23. The zero-order chi connectivity index (χ0) is 9.10. The summed E-state index contributed by atoms with van der Waals surface area (Å²) in [6, 6.07) is 7.08. The summed E-state index contributed by atoms with van der Waals surface area (Å²) >= 11 is 0. The van der Waals surface area contributed by atoms with Gasteiger partial charge in [0.25, 0.3) is 0 Å². The van der Waals surface area contributed by atoms with Gasteiger partial charge in [-0.15, -0.1) is 0 Å². The van der Waals surface area contributed by atoms with Gasteiger partial charge in [0.1, 0.15) is 5.75 Å². The molecule has 0 saturated carbocycles. The monoisotopic (exact) mass is 180 g/mol. The molecule has 0 radical (unpaired) electrons. The first-order valence-electron chi connectivity index (χ1n) is 4.39.